The zero-order chi connectivity index (χ0) is 17.9. The summed E-state index contributed by atoms with van der Waals surface area (Å²) in [5.41, 5.74) is 1.74. The van der Waals surface area contributed by atoms with E-state index < -0.39 is 0 Å². The predicted octanol–water partition coefficient (Wildman–Crippen LogP) is 1.79. The van der Waals surface area contributed by atoms with Gasteiger partial charge in [-0.25, -0.2) is 4.68 Å². The number of piperidine rings is 1. The molecule has 1 atom stereocenters. The molecule has 26 heavy (non-hydrogen) atoms. The highest BCUT2D eigenvalue weighted by Gasteiger charge is 2.30. The van der Waals surface area contributed by atoms with E-state index in [0.717, 1.165) is 43.5 Å². The molecule has 2 heterocycles. The van der Waals surface area contributed by atoms with Crippen molar-refractivity contribution in [3.05, 3.63) is 58.5 Å². The van der Waals surface area contributed by atoms with Gasteiger partial charge in [-0.3, -0.25) is 9.59 Å². The maximum absolute atomic E-state index is 12.5. The monoisotopic (exact) mass is 352 g/mol. The summed E-state index contributed by atoms with van der Waals surface area (Å²) < 4.78 is 1.47. The van der Waals surface area contributed by atoms with Crippen molar-refractivity contribution in [2.24, 2.45) is 5.92 Å². The molecule has 136 valence electrons. The third-order valence-electron chi connectivity index (χ3n) is 5.11. The van der Waals surface area contributed by atoms with Crippen molar-refractivity contribution in [1.82, 2.24) is 15.1 Å². The van der Waals surface area contributed by atoms with E-state index in [2.05, 4.69) is 15.3 Å². The second kappa shape index (κ2) is 7.32. The molecule has 1 saturated heterocycles. The number of nitrogens with zero attached hydrogens (tertiary/aromatic N) is 3. The van der Waals surface area contributed by atoms with E-state index in [0.29, 0.717) is 19.1 Å². The van der Waals surface area contributed by atoms with Gasteiger partial charge in [0.1, 0.15) is 0 Å². The molecule has 0 spiro atoms. The zero-order valence-corrected chi connectivity index (χ0v) is 14.8. The van der Waals surface area contributed by atoms with Crippen LogP contribution in [0.1, 0.15) is 31.2 Å². The van der Waals surface area contributed by atoms with E-state index in [1.807, 2.05) is 30.3 Å². The fourth-order valence-electron chi connectivity index (χ4n) is 3.44. The van der Waals surface area contributed by atoms with Crippen molar-refractivity contribution in [3.63, 3.8) is 0 Å². The summed E-state index contributed by atoms with van der Waals surface area (Å²) in [5, 5.41) is 7.44. The van der Waals surface area contributed by atoms with Gasteiger partial charge < -0.3 is 10.2 Å². The highest BCUT2D eigenvalue weighted by molar-refractivity contribution is 5.80. The average Bonchev–Trinajstić information content (AvgIpc) is 3.48. The lowest BCUT2D eigenvalue weighted by atomic mass is 9.97. The molecule has 2 fully saturated rings. The van der Waals surface area contributed by atoms with Gasteiger partial charge in [0, 0.05) is 25.2 Å². The van der Waals surface area contributed by atoms with Crippen LogP contribution < -0.4 is 15.8 Å². The highest BCUT2D eigenvalue weighted by atomic mass is 16.2. The molecule has 1 aliphatic carbocycles. The van der Waals surface area contributed by atoms with Crippen LogP contribution in [0.4, 0.5) is 5.69 Å². The van der Waals surface area contributed by atoms with Gasteiger partial charge >= 0.3 is 0 Å². The maximum atomic E-state index is 12.5. The van der Waals surface area contributed by atoms with Crippen molar-refractivity contribution < 1.29 is 4.79 Å². The van der Waals surface area contributed by atoms with Gasteiger partial charge in [0.15, 0.2) is 0 Å². The maximum Gasteiger partial charge on any atom is 0.269 e. The largest absolute Gasteiger partial charge is 0.369 e. The van der Waals surface area contributed by atoms with Crippen LogP contribution in [0, 0.1) is 5.92 Å². The van der Waals surface area contributed by atoms with Crippen LogP contribution in [0.15, 0.2) is 47.4 Å². The van der Waals surface area contributed by atoms with Crippen molar-refractivity contribution in [2.45, 2.75) is 38.3 Å². The molecule has 2 aliphatic rings. The van der Waals surface area contributed by atoms with Gasteiger partial charge in [0.05, 0.1) is 24.3 Å². The molecule has 0 radical (unpaired) electrons. The summed E-state index contributed by atoms with van der Waals surface area (Å²) >= 11 is 0. The third kappa shape index (κ3) is 3.95. The lowest BCUT2D eigenvalue weighted by Gasteiger charge is -2.33. The quantitative estimate of drug-likeness (QED) is 0.891. The minimum Gasteiger partial charge on any atom is -0.369 e. The highest BCUT2D eigenvalue weighted by Crippen LogP contribution is 2.24. The van der Waals surface area contributed by atoms with E-state index in [-0.39, 0.29) is 17.4 Å². The van der Waals surface area contributed by atoms with Crippen LogP contribution in [0.5, 0.6) is 0 Å². The van der Waals surface area contributed by atoms with E-state index in [4.69, 9.17) is 0 Å². The summed E-state index contributed by atoms with van der Waals surface area (Å²) in [4.78, 5) is 26.9. The Bertz CT molecular complexity index is 829. The molecule has 1 N–H and O–H groups in total. The van der Waals surface area contributed by atoms with Crippen molar-refractivity contribution >= 4 is 11.6 Å². The number of hydrogen-bond donors (Lipinski definition) is 1. The van der Waals surface area contributed by atoms with Crippen LogP contribution in [0.2, 0.25) is 0 Å². The van der Waals surface area contributed by atoms with Crippen molar-refractivity contribution in [1.29, 1.82) is 0 Å². The Morgan fingerprint density at radius 1 is 1.19 bits per heavy atom. The molecule has 1 aromatic carbocycles. The Labute approximate surface area is 152 Å². The van der Waals surface area contributed by atoms with Gasteiger partial charge in [-0.2, -0.15) is 5.10 Å². The summed E-state index contributed by atoms with van der Waals surface area (Å²) in [7, 11) is 0. The number of nitrogens with one attached hydrogen (secondary N) is 1. The molecule has 6 heteroatoms. The number of aromatic nitrogens is 2. The minimum atomic E-state index is -0.115. The fraction of sp³-hybridized carbons (Fsp3) is 0.450. The van der Waals surface area contributed by atoms with Crippen LogP contribution in [0.25, 0.3) is 0 Å². The Kier molecular flexibility index (Phi) is 4.73. The van der Waals surface area contributed by atoms with Crippen LogP contribution in [-0.4, -0.2) is 34.8 Å². The molecular formula is C20H24N4O2. The summed E-state index contributed by atoms with van der Waals surface area (Å²) in [6, 6.07) is 11.9. The number of rotatable bonds is 5. The van der Waals surface area contributed by atoms with Gasteiger partial charge in [-0.1, -0.05) is 30.3 Å². The number of benzene rings is 1. The molecule has 4 rings (SSSR count). The van der Waals surface area contributed by atoms with Gasteiger partial charge in [0.2, 0.25) is 5.91 Å². The topological polar surface area (TPSA) is 67.2 Å². The summed E-state index contributed by atoms with van der Waals surface area (Å²) in [6.45, 7) is 1.98. The number of anilines is 1. The number of hydrogen-bond acceptors (Lipinski definition) is 4. The number of carbonyl (C=O) groups excluding carboxylic acids is 1. The minimum absolute atomic E-state index is 0.00361. The van der Waals surface area contributed by atoms with Gasteiger partial charge in [0.25, 0.3) is 5.56 Å². The molecule has 0 bridgehead atoms. The first kappa shape index (κ1) is 16.8. The Morgan fingerprint density at radius 2 is 2.00 bits per heavy atom. The van der Waals surface area contributed by atoms with Crippen LogP contribution >= 0.6 is 0 Å². The molecule has 2 aromatic rings. The van der Waals surface area contributed by atoms with Crippen LogP contribution in [0.3, 0.4) is 0 Å². The van der Waals surface area contributed by atoms with Crippen molar-refractivity contribution in [2.75, 3.05) is 18.0 Å². The second-order valence-electron chi connectivity index (χ2n) is 7.26. The second-order valence-corrected chi connectivity index (χ2v) is 7.26. The third-order valence-corrected chi connectivity index (χ3v) is 5.11. The van der Waals surface area contributed by atoms with E-state index >= 15 is 0 Å². The lowest BCUT2D eigenvalue weighted by Crippen LogP contribution is -2.44. The molecule has 1 aromatic heterocycles. The Morgan fingerprint density at radius 3 is 2.73 bits per heavy atom. The lowest BCUT2D eigenvalue weighted by molar-refractivity contribution is -0.125. The molecular weight excluding hydrogens is 328 g/mol. The first-order valence-corrected chi connectivity index (χ1v) is 9.35. The molecule has 1 aliphatic heterocycles. The molecule has 1 amide bonds. The molecule has 1 saturated carbocycles. The first-order valence-electron chi connectivity index (χ1n) is 9.35. The smallest absolute Gasteiger partial charge is 0.269 e. The van der Waals surface area contributed by atoms with Gasteiger partial charge in [-0.15, -0.1) is 0 Å². The molecule has 0 unspecified atom stereocenters. The first-order chi connectivity index (χ1) is 12.7. The standard InChI is InChI=1S/C20H24N4O2/c25-19-11-18(12-21-24(19)13-15-5-2-1-3-6-15)23-10-4-7-16(14-23)20(26)22-17-8-9-17/h1-3,5-6,11-12,16-17H,4,7-10,13-14H2,(H,22,26)/t16-/m1/s1. The summed E-state index contributed by atoms with van der Waals surface area (Å²) in [5.74, 6) is 0.152. The van der Waals surface area contributed by atoms with E-state index in [1.165, 1.54) is 4.68 Å². The SMILES string of the molecule is O=C(NC1CC1)[C@@H]1CCCN(c2cnn(Cc3ccccc3)c(=O)c2)C1. The van der Waals surface area contributed by atoms with E-state index in [1.54, 1.807) is 12.3 Å². The molecule has 6 nitrogen and oxygen atoms in total. The Hall–Kier alpha value is -2.63. The summed E-state index contributed by atoms with van der Waals surface area (Å²) in [6.07, 6.45) is 5.81. The van der Waals surface area contributed by atoms with E-state index in [9.17, 15) is 9.59 Å². The Balaban J connectivity index is 1.44. The van der Waals surface area contributed by atoms with Gasteiger partial charge in [-0.05, 0) is 31.2 Å². The van der Waals surface area contributed by atoms with Crippen LogP contribution in [-0.2, 0) is 11.3 Å². The number of carbonyl (C=O) groups is 1. The average molecular weight is 352 g/mol. The fourth-order valence-corrected chi connectivity index (χ4v) is 3.44. The normalized spacial score (nSPS) is 20.0. The predicted molar refractivity (Wildman–Crippen MR) is 100 cm³/mol. The zero-order valence-electron chi connectivity index (χ0n) is 14.8. The number of amides is 1. The van der Waals surface area contributed by atoms with Crippen molar-refractivity contribution in [3.8, 4) is 0 Å².